The maximum absolute atomic E-state index is 12.1. The first kappa shape index (κ1) is 20.5. The Balaban J connectivity index is 1.87. The molecule has 0 aliphatic carbocycles. The molecule has 1 saturated heterocycles. The van der Waals surface area contributed by atoms with Crippen LogP contribution in [0.2, 0.25) is 0 Å². The van der Waals surface area contributed by atoms with Crippen LogP contribution in [0.3, 0.4) is 0 Å². The number of esters is 1. The Kier molecular flexibility index (Phi) is 6.58. The van der Waals surface area contributed by atoms with Crippen LogP contribution >= 0.6 is 0 Å². The molecule has 9 heteroatoms. The highest BCUT2D eigenvalue weighted by atomic mass is 16.6. The SMILES string of the molecule is CCOC(=O)C1CCCN(c2ncnc(NC(C)c3ccccc3)c2[N+](=O)[O-])C1. The van der Waals surface area contributed by atoms with Gasteiger partial charge in [-0.05, 0) is 32.3 Å². The Labute approximate surface area is 169 Å². The number of aromatic nitrogens is 2. The number of carbonyl (C=O) groups excluding carboxylic acids is 1. The fourth-order valence-corrected chi connectivity index (χ4v) is 3.53. The summed E-state index contributed by atoms with van der Waals surface area (Å²) in [6.07, 6.45) is 2.74. The lowest BCUT2D eigenvalue weighted by atomic mass is 9.98. The number of hydrogen-bond donors (Lipinski definition) is 1. The van der Waals surface area contributed by atoms with Gasteiger partial charge in [0.05, 0.1) is 23.5 Å². The van der Waals surface area contributed by atoms with Gasteiger partial charge in [-0.15, -0.1) is 0 Å². The van der Waals surface area contributed by atoms with Crippen molar-refractivity contribution < 1.29 is 14.5 Å². The summed E-state index contributed by atoms with van der Waals surface area (Å²) in [4.78, 5) is 33.6. The third-order valence-corrected chi connectivity index (χ3v) is 4.98. The Morgan fingerprint density at radius 2 is 2.14 bits per heavy atom. The van der Waals surface area contributed by atoms with Crippen LogP contribution in [0, 0.1) is 16.0 Å². The van der Waals surface area contributed by atoms with Gasteiger partial charge >= 0.3 is 11.7 Å². The summed E-state index contributed by atoms with van der Waals surface area (Å²) in [5, 5.41) is 15.0. The van der Waals surface area contributed by atoms with Gasteiger partial charge in [-0.25, -0.2) is 9.97 Å². The Morgan fingerprint density at radius 3 is 2.83 bits per heavy atom. The zero-order valence-electron chi connectivity index (χ0n) is 16.6. The predicted molar refractivity (Wildman–Crippen MR) is 109 cm³/mol. The van der Waals surface area contributed by atoms with Crippen molar-refractivity contribution in [3.63, 3.8) is 0 Å². The van der Waals surface area contributed by atoms with Crippen molar-refractivity contribution in [1.29, 1.82) is 0 Å². The number of nitro groups is 1. The standard InChI is InChI=1S/C20H25N5O4/c1-3-29-20(26)16-10-7-11-24(12-16)19-17(25(27)28)18(21-13-22-19)23-14(2)15-8-5-4-6-9-15/h4-6,8-9,13-14,16H,3,7,10-12H2,1-2H3,(H,21,22,23). The fraction of sp³-hybridized carbons (Fsp3) is 0.450. The number of anilines is 2. The number of nitrogens with zero attached hydrogens (tertiary/aromatic N) is 4. The fourth-order valence-electron chi connectivity index (χ4n) is 3.53. The summed E-state index contributed by atoms with van der Waals surface area (Å²) in [5.74, 6) is -0.209. The zero-order valence-corrected chi connectivity index (χ0v) is 16.6. The van der Waals surface area contributed by atoms with E-state index in [1.165, 1.54) is 6.33 Å². The van der Waals surface area contributed by atoms with E-state index in [-0.39, 0.29) is 35.3 Å². The van der Waals surface area contributed by atoms with E-state index >= 15 is 0 Å². The molecule has 1 aliphatic heterocycles. The van der Waals surface area contributed by atoms with E-state index in [0.717, 1.165) is 12.0 Å². The van der Waals surface area contributed by atoms with Crippen LogP contribution in [-0.4, -0.2) is 40.6 Å². The molecule has 1 aromatic heterocycles. The largest absolute Gasteiger partial charge is 0.466 e. The molecule has 2 unspecified atom stereocenters. The quantitative estimate of drug-likeness (QED) is 0.429. The molecule has 1 N–H and O–H groups in total. The molecule has 2 atom stereocenters. The molecule has 3 rings (SSSR count). The lowest BCUT2D eigenvalue weighted by Crippen LogP contribution is -2.40. The molecule has 29 heavy (non-hydrogen) atoms. The Bertz CT molecular complexity index is 861. The van der Waals surface area contributed by atoms with Crippen molar-refractivity contribution in [2.24, 2.45) is 5.92 Å². The average Bonchev–Trinajstić information content (AvgIpc) is 2.74. The van der Waals surface area contributed by atoms with E-state index in [4.69, 9.17) is 4.74 Å². The molecular weight excluding hydrogens is 374 g/mol. The molecular formula is C20H25N5O4. The van der Waals surface area contributed by atoms with Gasteiger partial charge in [0.25, 0.3) is 0 Å². The van der Waals surface area contributed by atoms with Gasteiger partial charge in [-0.1, -0.05) is 30.3 Å². The van der Waals surface area contributed by atoms with Crippen LogP contribution in [0.5, 0.6) is 0 Å². The molecule has 0 amide bonds. The predicted octanol–water partition coefficient (Wildman–Crippen LogP) is 3.34. The second-order valence-corrected chi connectivity index (χ2v) is 6.97. The highest BCUT2D eigenvalue weighted by molar-refractivity contribution is 5.75. The molecule has 0 bridgehead atoms. The maximum Gasteiger partial charge on any atom is 0.353 e. The minimum absolute atomic E-state index is 0.162. The first-order valence-corrected chi connectivity index (χ1v) is 9.73. The molecule has 9 nitrogen and oxygen atoms in total. The van der Waals surface area contributed by atoms with Gasteiger partial charge in [-0.2, -0.15) is 0 Å². The van der Waals surface area contributed by atoms with E-state index in [9.17, 15) is 14.9 Å². The summed E-state index contributed by atoms with van der Waals surface area (Å²) in [6, 6.07) is 9.46. The number of hydrogen-bond acceptors (Lipinski definition) is 8. The second-order valence-electron chi connectivity index (χ2n) is 6.97. The maximum atomic E-state index is 12.1. The normalized spacial score (nSPS) is 17.4. The molecule has 1 fully saturated rings. The third kappa shape index (κ3) is 4.79. The van der Waals surface area contributed by atoms with Gasteiger partial charge < -0.3 is 15.0 Å². The monoisotopic (exact) mass is 399 g/mol. The first-order chi connectivity index (χ1) is 14.0. The van der Waals surface area contributed by atoms with Crippen molar-refractivity contribution in [2.75, 3.05) is 29.9 Å². The van der Waals surface area contributed by atoms with Crippen LogP contribution < -0.4 is 10.2 Å². The Morgan fingerprint density at radius 1 is 1.38 bits per heavy atom. The van der Waals surface area contributed by atoms with Crippen molar-refractivity contribution in [1.82, 2.24) is 9.97 Å². The highest BCUT2D eigenvalue weighted by Gasteiger charge is 2.33. The number of benzene rings is 1. The van der Waals surface area contributed by atoms with Crippen molar-refractivity contribution in [3.05, 3.63) is 52.3 Å². The minimum Gasteiger partial charge on any atom is -0.466 e. The van der Waals surface area contributed by atoms with E-state index < -0.39 is 4.92 Å². The number of carbonyl (C=O) groups is 1. The number of nitrogens with one attached hydrogen (secondary N) is 1. The summed E-state index contributed by atoms with van der Waals surface area (Å²) in [5.41, 5.74) is 0.807. The smallest absolute Gasteiger partial charge is 0.353 e. The zero-order chi connectivity index (χ0) is 20.8. The summed E-state index contributed by atoms with van der Waals surface area (Å²) >= 11 is 0. The lowest BCUT2D eigenvalue weighted by Gasteiger charge is -2.32. The summed E-state index contributed by atoms with van der Waals surface area (Å²) < 4.78 is 5.12. The Hall–Kier alpha value is -3.23. The van der Waals surface area contributed by atoms with E-state index in [2.05, 4.69) is 15.3 Å². The summed E-state index contributed by atoms with van der Waals surface area (Å²) in [6.45, 7) is 4.92. The van der Waals surface area contributed by atoms with Crippen LogP contribution in [0.1, 0.15) is 38.3 Å². The lowest BCUT2D eigenvalue weighted by molar-refractivity contribution is -0.383. The molecule has 2 heterocycles. The second kappa shape index (κ2) is 9.31. The van der Waals surface area contributed by atoms with Gasteiger partial charge in [0, 0.05) is 13.1 Å². The van der Waals surface area contributed by atoms with Crippen LogP contribution in [0.25, 0.3) is 0 Å². The minimum atomic E-state index is -0.469. The average molecular weight is 399 g/mol. The molecule has 2 aromatic rings. The van der Waals surface area contributed by atoms with Gasteiger partial charge in [-0.3, -0.25) is 14.9 Å². The highest BCUT2D eigenvalue weighted by Crippen LogP contribution is 2.35. The van der Waals surface area contributed by atoms with E-state index in [1.54, 1.807) is 11.8 Å². The van der Waals surface area contributed by atoms with Gasteiger partial charge in [0.15, 0.2) is 0 Å². The molecule has 0 spiro atoms. The van der Waals surface area contributed by atoms with Crippen molar-refractivity contribution in [2.45, 2.75) is 32.7 Å². The molecule has 1 aromatic carbocycles. The number of ether oxygens (including phenoxy) is 1. The molecule has 154 valence electrons. The van der Waals surface area contributed by atoms with Crippen molar-refractivity contribution >= 4 is 23.3 Å². The third-order valence-electron chi connectivity index (χ3n) is 4.98. The first-order valence-electron chi connectivity index (χ1n) is 9.73. The number of piperidine rings is 1. The number of rotatable bonds is 7. The van der Waals surface area contributed by atoms with E-state index in [0.29, 0.717) is 26.1 Å². The summed E-state index contributed by atoms with van der Waals surface area (Å²) in [7, 11) is 0. The van der Waals surface area contributed by atoms with Crippen LogP contribution in [0.15, 0.2) is 36.7 Å². The topological polar surface area (TPSA) is 110 Å². The van der Waals surface area contributed by atoms with Crippen LogP contribution in [0.4, 0.5) is 17.3 Å². The molecule has 0 radical (unpaired) electrons. The van der Waals surface area contributed by atoms with Gasteiger partial charge in [0.2, 0.25) is 11.6 Å². The van der Waals surface area contributed by atoms with E-state index in [1.807, 2.05) is 37.3 Å². The molecule has 0 saturated carbocycles. The van der Waals surface area contributed by atoms with Crippen molar-refractivity contribution in [3.8, 4) is 0 Å². The van der Waals surface area contributed by atoms with Gasteiger partial charge in [0.1, 0.15) is 6.33 Å². The van der Waals surface area contributed by atoms with Crippen LogP contribution in [-0.2, 0) is 9.53 Å². The molecule has 1 aliphatic rings.